The molecule has 0 bridgehead atoms. The van der Waals surface area contributed by atoms with Crippen LogP contribution in [-0.2, 0) is 4.79 Å². The molecule has 4 atom stereocenters. The lowest BCUT2D eigenvalue weighted by Crippen LogP contribution is -2.34. The van der Waals surface area contributed by atoms with Crippen molar-refractivity contribution in [2.75, 3.05) is 0 Å². The predicted molar refractivity (Wildman–Crippen MR) is 104 cm³/mol. The molecule has 0 aromatic carbocycles. The summed E-state index contributed by atoms with van der Waals surface area (Å²) in [4.78, 5) is 10.9. The molecular weight excluding hydrogens is 292 g/mol. The predicted octanol–water partition coefficient (Wildman–Crippen LogP) is 7.33. The highest BCUT2D eigenvalue weighted by atomic mass is 16.1. The van der Waals surface area contributed by atoms with E-state index in [-0.39, 0.29) is 0 Å². The fraction of sp³-hybridized carbons (Fsp3) is 0.957. The van der Waals surface area contributed by atoms with Crippen LogP contribution in [0.2, 0.25) is 0 Å². The average Bonchev–Trinajstić information content (AvgIpc) is 2.51. The zero-order valence-corrected chi connectivity index (χ0v) is 16.5. The van der Waals surface area contributed by atoms with Gasteiger partial charge in [-0.3, -0.25) is 0 Å². The zero-order valence-electron chi connectivity index (χ0n) is 16.5. The van der Waals surface area contributed by atoms with E-state index in [2.05, 4.69) is 6.92 Å². The van der Waals surface area contributed by atoms with Crippen LogP contribution in [0.5, 0.6) is 0 Å². The monoisotopic (exact) mass is 334 g/mol. The first-order chi connectivity index (χ1) is 11.7. The molecule has 1 unspecified atom stereocenters. The molecular formula is C23H42O. The summed E-state index contributed by atoms with van der Waals surface area (Å²) in [6.07, 6.45) is 22.3. The Hall–Kier alpha value is -0.330. The summed E-state index contributed by atoms with van der Waals surface area (Å²) in [5.74, 6) is 4.71. The first-order valence-electron chi connectivity index (χ1n) is 11.2. The minimum Gasteiger partial charge on any atom is -0.300 e. The molecule has 1 heteroatoms. The largest absolute Gasteiger partial charge is 0.300 e. The third kappa shape index (κ3) is 6.89. The molecule has 1 nitrogen and oxygen atoms in total. The number of ketones is 1. The molecule has 0 aliphatic heterocycles. The van der Waals surface area contributed by atoms with E-state index in [1.54, 1.807) is 13.3 Å². The first kappa shape index (κ1) is 20.0. The Kier molecular flexibility index (Phi) is 9.43. The van der Waals surface area contributed by atoms with Gasteiger partial charge in [-0.25, -0.2) is 0 Å². The van der Waals surface area contributed by atoms with Gasteiger partial charge in [0, 0.05) is 6.42 Å². The van der Waals surface area contributed by atoms with E-state index in [1.165, 1.54) is 83.5 Å². The summed E-state index contributed by atoms with van der Waals surface area (Å²) in [6.45, 7) is 4.04. The van der Waals surface area contributed by atoms with Gasteiger partial charge in [-0.05, 0) is 69.1 Å². The third-order valence-electron chi connectivity index (χ3n) is 7.04. The minimum atomic E-state index is 0.358. The molecule has 0 radical (unpaired) electrons. The second kappa shape index (κ2) is 11.3. The van der Waals surface area contributed by atoms with Crippen molar-refractivity contribution >= 4 is 5.78 Å². The molecule has 2 aliphatic carbocycles. The second-order valence-corrected chi connectivity index (χ2v) is 8.93. The van der Waals surface area contributed by atoms with E-state index < -0.39 is 0 Å². The number of hydrogen-bond acceptors (Lipinski definition) is 1. The van der Waals surface area contributed by atoms with Crippen LogP contribution < -0.4 is 0 Å². The summed E-state index contributed by atoms with van der Waals surface area (Å²) < 4.78 is 0. The first-order valence-corrected chi connectivity index (χ1v) is 11.2. The van der Waals surface area contributed by atoms with Gasteiger partial charge in [-0.15, -0.1) is 0 Å². The van der Waals surface area contributed by atoms with Crippen LogP contribution in [0.1, 0.15) is 117 Å². The van der Waals surface area contributed by atoms with E-state index in [9.17, 15) is 4.79 Å². The van der Waals surface area contributed by atoms with E-state index in [0.717, 1.165) is 36.5 Å². The number of carbonyl (C=O) groups excluding carboxylic acids is 1. The quantitative estimate of drug-likeness (QED) is 0.304. The van der Waals surface area contributed by atoms with Crippen molar-refractivity contribution in [2.45, 2.75) is 117 Å². The van der Waals surface area contributed by atoms with Crippen LogP contribution in [0.25, 0.3) is 0 Å². The van der Waals surface area contributed by atoms with Gasteiger partial charge in [0.1, 0.15) is 5.78 Å². The van der Waals surface area contributed by atoms with Crippen molar-refractivity contribution in [3.8, 4) is 0 Å². The lowest BCUT2D eigenvalue weighted by atomic mass is 9.61. The third-order valence-corrected chi connectivity index (χ3v) is 7.04. The van der Waals surface area contributed by atoms with E-state index in [0.29, 0.717) is 5.78 Å². The summed E-state index contributed by atoms with van der Waals surface area (Å²) in [5.41, 5.74) is 0. The zero-order chi connectivity index (χ0) is 17.2. The lowest BCUT2D eigenvalue weighted by molar-refractivity contribution is -0.117. The molecule has 0 heterocycles. The van der Waals surface area contributed by atoms with Gasteiger partial charge in [0.05, 0.1) is 0 Å². The van der Waals surface area contributed by atoms with E-state index in [1.807, 2.05) is 0 Å². The molecule has 24 heavy (non-hydrogen) atoms. The van der Waals surface area contributed by atoms with Crippen LogP contribution >= 0.6 is 0 Å². The van der Waals surface area contributed by atoms with Crippen molar-refractivity contribution in [3.63, 3.8) is 0 Å². The smallest absolute Gasteiger partial charge is 0.129 e. The molecule has 2 saturated carbocycles. The van der Waals surface area contributed by atoms with Crippen molar-refractivity contribution in [3.05, 3.63) is 0 Å². The minimum absolute atomic E-state index is 0.358. The molecule has 0 aromatic rings. The number of Topliss-reactive ketones (excluding diaryl/α,β-unsaturated/α-hetero) is 1. The van der Waals surface area contributed by atoms with Gasteiger partial charge < -0.3 is 4.79 Å². The highest BCUT2D eigenvalue weighted by molar-refractivity contribution is 5.75. The molecule has 0 N–H and O–H groups in total. The molecule has 0 amide bonds. The number of carbonyl (C=O) groups is 1. The van der Waals surface area contributed by atoms with Crippen LogP contribution in [0.4, 0.5) is 0 Å². The maximum absolute atomic E-state index is 10.9. The molecule has 0 spiro atoms. The van der Waals surface area contributed by atoms with Crippen molar-refractivity contribution in [1.29, 1.82) is 0 Å². The maximum Gasteiger partial charge on any atom is 0.129 e. The number of hydrogen-bond donors (Lipinski definition) is 0. The van der Waals surface area contributed by atoms with Gasteiger partial charge in [-0.1, -0.05) is 64.7 Å². The van der Waals surface area contributed by atoms with Crippen molar-refractivity contribution < 1.29 is 4.79 Å². The van der Waals surface area contributed by atoms with Crippen LogP contribution in [0, 0.1) is 23.7 Å². The summed E-state index contributed by atoms with van der Waals surface area (Å²) in [5, 5.41) is 0. The Morgan fingerprint density at radius 3 is 1.71 bits per heavy atom. The summed E-state index contributed by atoms with van der Waals surface area (Å²) in [7, 11) is 0. The molecule has 2 aliphatic rings. The van der Waals surface area contributed by atoms with Crippen LogP contribution in [0.15, 0.2) is 0 Å². The Morgan fingerprint density at radius 1 is 0.708 bits per heavy atom. The highest BCUT2D eigenvalue weighted by Crippen LogP contribution is 2.48. The standard InChI is InChI=1S/C23H42O/c1-3-4-8-12-20-14-16-22(20)18-23-17-15-21(23)13-10-7-5-6-9-11-19(2)24/h20-23H,3-18H2,1-2H3/t20-,21-,22-,23?/m1/s1. The van der Waals surface area contributed by atoms with Crippen LogP contribution in [0.3, 0.4) is 0 Å². The normalized spacial score (nSPS) is 29.1. The van der Waals surface area contributed by atoms with Gasteiger partial charge in [0.2, 0.25) is 0 Å². The van der Waals surface area contributed by atoms with Crippen molar-refractivity contribution in [2.24, 2.45) is 23.7 Å². The highest BCUT2D eigenvalue weighted by Gasteiger charge is 2.37. The van der Waals surface area contributed by atoms with Gasteiger partial charge in [0.15, 0.2) is 0 Å². The molecule has 140 valence electrons. The SMILES string of the molecule is CCCCC[C@@H]1CC[C@@H]1CC1CC[C@H]1CCCCCCCC(C)=O. The average molecular weight is 335 g/mol. The van der Waals surface area contributed by atoms with Gasteiger partial charge in [0.25, 0.3) is 0 Å². The molecule has 0 saturated heterocycles. The van der Waals surface area contributed by atoms with Crippen molar-refractivity contribution in [1.82, 2.24) is 0 Å². The maximum atomic E-state index is 10.9. The van der Waals surface area contributed by atoms with Gasteiger partial charge in [-0.2, -0.15) is 0 Å². The second-order valence-electron chi connectivity index (χ2n) is 8.93. The van der Waals surface area contributed by atoms with Crippen LogP contribution in [-0.4, -0.2) is 5.78 Å². The molecule has 2 fully saturated rings. The Bertz CT molecular complexity index is 348. The topological polar surface area (TPSA) is 17.1 Å². The number of rotatable bonds is 14. The van der Waals surface area contributed by atoms with E-state index in [4.69, 9.17) is 0 Å². The lowest BCUT2D eigenvalue weighted by Gasteiger charge is -2.45. The molecule has 0 aromatic heterocycles. The van der Waals surface area contributed by atoms with E-state index >= 15 is 0 Å². The molecule has 2 rings (SSSR count). The Morgan fingerprint density at radius 2 is 1.21 bits per heavy atom. The Labute approximate surface area is 151 Å². The summed E-state index contributed by atoms with van der Waals surface area (Å²) in [6, 6.07) is 0. The Balaban J connectivity index is 1.48. The number of unbranched alkanes of at least 4 members (excludes halogenated alkanes) is 6. The summed E-state index contributed by atoms with van der Waals surface area (Å²) >= 11 is 0. The fourth-order valence-corrected chi connectivity index (χ4v) is 5.01. The van der Waals surface area contributed by atoms with Gasteiger partial charge >= 0.3 is 0 Å². The fourth-order valence-electron chi connectivity index (χ4n) is 5.01.